The summed E-state index contributed by atoms with van der Waals surface area (Å²) in [5.41, 5.74) is 8.58. The van der Waals surface area contributed by atoms with Gasteiger partial charge in [-0.15, -0.1) is 0 Å². The van der Waals surface area contributed by atoms with E-state index in [9.17, 15) is 4.79 Å². The monoisotopic (exact) mass is 330 g/mol. The molecule has 2 fully saturated rings. The quantitative estimate of drug-likeness (QED) is 0.926. The van der Waals surface area contributed by atoms with Crippen LogP contribution in [0, 0.1) is 19.8 Å². The molecule has 4 nitrogen and oxygen atoms in total. The van der Waals surface area contributed by atoms with Crippen molar-refractivity contribution in [2.75, 3.05) is 13.1 Å². The van der Waals surface area contributed by atoms with Crippen LogP contribution in [0.5, 0.6) is 5.75 Å². The van der Waals surface area contributed by atoms with E-state index in [0.717, 1.165) is 57.4 Å². The molecule has 132 valence electrons. The highest BCUT2D eigenvalue weighted by Crippen LogP contribution is 2.27. The number of ether oxygens (including phenoxy) is 1. The second kappa shape index (κ2) is 7.56. The largest absolute Gasteiger partial charge is 0.490 e. The van der Waals surface area contributed by atoms with E-state index >= 15 is 0 Å². The molecule has 0 radical (unpaired) electrons. The number of amides is 1. The topological polar surface area (TPSA) is 55.6 Å². The minimum Gasteiger partial charge on any atom is -0.490 e. The molecular weight excluding hydrogens is 300 g/mol. The highest BCUT2D eigenvalue weighted by Gasteiger charge is 2.31. The van der Waals surface area contributed by atoms with Crippen molar-refractivity contribution in [3.8, 4) is 5.75 Å². The maximum Gasteiger partial charge on any atom is 0.225 e. The van der Waals surface area contributed by atoms with Crippen molar-refractivity contribution >= 4 is 5.91 Å². The molecule has 1 aromatic carbocycles. The summed E-state index contributed by atoms with van der Waals surface area (Å²) in [6.45, 7) is 5.83. The molecule has 1 aromatic rings. The Morgan fingerprint density at radius 2 is 1.88 bits per heavy atom. The van der Waals surface area contributed by atoms with Gasteiger partial charge in [0.15, 0.2) is 0 Å². The summed E-state index contributed by atoms with van der Waals surface area (Å²) in [5.74, 6) is 1.40. The molecule has 1 aliphatic carbocycles. The number of likely N-dealkylation sites (tertiary alicyclic amines) is 1. The molecule has 4 heteroatoms. The number of aryl methyl sites for hydroxylation is 2. The molecule has 1 aliphatic heterocycles. The van der Waals surface area contributed by atoms with Crippen LogP contribution in [0.1, 0.15) is 49.7 Å². The molecular formula is C20H30N2O2. The lowest BCUT2D eigenvalue weighted by atomic mass is 9.85. The number of carbonyl (C=O) groups excluding carboxylic acids is 1. The molecule has 0 bridgehead atoms. The Kier molecular flexibility index (Phi) is 5.44. The number of carbonyl (C=O) groups is 1. The lowest BCUT2D eigenvalue weighted by Gasteiger charge is -2.36. The maximum absolute atomic E-state index is 12.7. The Bertz CT molecular complexity index is 579. The van der Waals surface area contributed by atoms with E-state index in [0.29, 0.717) is 5.91 Å². The van der Waals surface area contributed by atoms with Gasteiger partial charge in [-0.1, -0.05) is 12.5 Å². The molecule has 1 heterocycles. The molecule has 2 aliphatic rings. The smallest absolute Gasteiger partial charge is 0.225 e. The predicted molar refractivity (Wildman–Crippen MR) is 96.1 cm³/mol. The maximum atomic E-state index is 12.7. The number of benzene rings is 1. The van der Waals surface area contributed by atoms with Crippen molar-refractivity contribution in [1.29, 1.82) is 0 Å². The van der Waals surface area contributed by atoms with Gasteiger partial charge in [0.25, 0.3) is 0 Å². The average Bonchev–Trinajstić information content (AvgIpc) is 2.58. The van der Waals surface area contributed by atoms with Crippen LogP contribution >= 0.6 is 0 Å². The van der Waals surface area contributed by atoms with Crippen LogP contribution in [0.2, 0.25) is 0 Å². The first-order chi connectivity index (χ1) is 11.5. The number of hydrogen-bond donors (Lipinski definition) is 1. The van der Waals surface area contributed by atoms with Crippen LogP contribution < -0.4 is 10.5 Å². The molecule has 2 N–H and O–H groups in total. The van der Waals surface area contributed by atoms with Crippen molar-refractivity contribution < 1.29 is 9.53 Å². The van der Waals surface area contributed by atoms with Gasteiger partial charge in [0.1, 0.15) is 11.9 Å². The summed E-state index contributed by atoms with van der Waals surface area (Å²) in [6, 6.07) is 6.47. The summed E-state index contributed by atoms with van der Waals surface area (Å²) in [5, 5.41) is 0. The fourth-order valence-corrected chi connectivity index (χ4v) is 3.88. The van der Waals surface area contributed by atoms with Crippen molar-refractivity contribution in [2.24, 2.45) is 11.7 Å². The van der Waals surface area contributed by atoms with Gasteiger partial charge in [-0.25, -0.2) is 0 Å². The zero-order chi connectivity index (χ0) is 17.1. The third-order valence-corrected chi connectivity index (χ3v) is 5.60. The van der Waals surface area contributed by atoms with Crippen LogP contribution in [0.3, 0.4) is 0 Å². The first-order valence-corrected chi connectivity index (χ1v) is 9.31. The fraction of sp³-hybridized carbons (Fsp3) is 0.650. The molecule has 2 atom stereocenters. The van der Waals surface area contributed by atoms with Crippen LogP contribution in [0.15, 0.2) is 18.2 Å². The van der Waals surface area contributed by atoms with Crippen molar-refractivity contribution in [1.82, 2.24) is 4.90 Å². The molecule has 1 saturated heterocycles. The molecule has 1 amide bonds. The molecule has 3 rings (SSSR count). The Hall–Kier alpha value is -1.55. The molecule has 0 aromatic heterocycles. The zero-order valence-corrected chi connectivity index (χ0v) is 15.0. The lowest BCUT2D eigenvalue weighted by molar-refractivity contribution is -0.138. The van der Waals surface area contributed by atoms with Crippen LogP contribution in [-0.2, 0) is 4.79 Å². The highest BCUT2D eigenvalue weighted by atomic mass is 16.5. The Balaban J connectivity index is 1.50. The first kappa shape index (κ1) is 17.3. The van der Waals surface area contributed by atoms with Crippen molar-refractivity contribution in [3.05, 3.63) is 29.3 Å². The second-order valence-electron chi connectivity index (χ2n) is 7.51. The number of nitrogens with two attached hydrogens (primary N) is 1. The van der Waals surface area contributed by atoms with Crippen molar-refractivity contribution in [3.63, 3.8) is 0 Å². The summed E-state index contributed by atoms with van der Waals surface area (Å²) < 4.78 is 6.12. The van der Waals surface area contributed by atoms with E-state index in [1.54, 1.807) is 0 Å². The third kappa shape index (κ3) is 4.10. The van der Waals surface area contributed by atoms with Gasteiger partial charge in [0.05, 0.1) is 0 Å². The van der Waals surface area contributed by atoms with Gasteiger partial charge < -0.3 is 15.4 Å². The van der Waals surface area contributed by atoms with E-state index in [2.05, 4.69) is 26.0 Å². The Morgan fingerprint density at radius 1 is 1.12 bits per heavy atom. The van der Waals surface area contributed by atoms with E-state index in [1.807, 2.05) is 11.0 Å². The average molecular weight is 330 g/mol. The third-order valence-electron chi connectivity index (χ3n) is 5.60. The summed E-state index contributed by atoms with van der Waals surface area (Å²) in [4.78, 5) is 14.7. The first-order valence-electron chi connectivity index (χ1n) is 9.31. The lowest BCUT2D eigenvalue weighted by Crippen LogP contribution is -2.46. The van der Waals surface area contributed by atoms with Crippen LogP contribution in [0.4, 0.5) is 0 Å². The van der Waals surface area contributed by atoms with Gasteiger partial charge in [0.2, 0.25) is 5.91 Å². The van der Waals surface area contributed by atoms with Crippen molar-refractivity contribution in [2.45, 2.75) is 64.5 Å². The number of piperidine rings is 1. The van der Waals surface area contributed by atoms with E-state index in [-0.39, 0.29) is 18.1 Å². The van der Waals surface area contributed by atoms with Crippen LogP contribution in [-0.4, -0.2) is 36.0 Å². The summed E-state index contributed by atoms with van der Waals surface area (Å²) in [7, 11) is 0. The SMILES string of the molecule is Cc1ccc(OC2CCN(C(=O)C3CCCC(N)C3)CC2)cc1C. The van der Waals surface area contributed by atoms with E-state index < -0.39 is 0 Å². The van der Waals surface area contributed by atoms with E-state index in [4.69, 9.17) is 10.5 Å². The number of rotatable bonds is 3. The van der Waals surface area contributed by atoms with Gasteiger partial charge in [-0.05, 0) is 56.4 Å². The normalized spacial score (nSPS) is 25.5. The molecule has 2 unspecified atom stereocenters. The minimum absolute atomic E-state index is 0.144. The minimum atomic E-state index is 0.144. The van der Waals surface area contributed by atoms with E-state index in [1.165, 1.54) is 11.1 Å². The highest BCUT2D eigenvalue weighted by molar-refractivity contribution is 5.79. The summed E-state index contributed by atoms with van der Waals surface area (Å²) in [6.07, 6.45) is 6.06. The zero-order valence-electron chi connectivity index (χ0n) is 15.0. The molecule has 1 saturated carbocycles. The van der Waals surface area contributed by atoms with Gasteiger partial charge >= 0.3 is 0 Å². The predicted octanol–water partition coefficient (Wildman–Crippen LogP) is 3.19. The Labute approximate surface area is 145 Å². The van der Waals surface area contributed by atoms with Gasteiger partial charge in [-0.3, -0.25) is 4.79 Å². The van der Waals surface area contributed by atoms with Gasteiger partial charge in [-0.2, -0.15) is 0 Å². The fourth-order valence-electron chi connectivity index (χ4n) is 3.88. The van der Waals surface area contributed by atoms with Gasteiger partial charge in [0, 0.05) is 37.9 Å². The molecule has 0 spiro atoms. The molecule has 24 heavy (non-hydrogen) atoms. The summed E-state index contributed by atoms with van der Waals surface area (Å²) >= 11 is 0. The Morgan fingerprint density at radius 3 is 2.54 bits per heavy atom. The van der Waals surface area contributed by atoms with Crippen LogP contribution in [0.25, 0.3) is 0 Å². The number of hydrogen-bond acceptors (Lipinski definition) is 3. The standard InChI is InChI=1S/C20H30N2O2/c1-14-6-7-19(12-15(14)2)24-18-8-10-22(11-9-18)20(23)16-4-3-5-17(21)13-16/h6-7,12,16-18H,3-5,8-11,13,21H2,1-2H3. The number of nitrogens with zero attached hydrogens (tertiary/aromatic N) is 1. The second-order valence-corrected chi connectivity index (χ2v) is 7.51.